The standard InChI is InChI=1S/C13H13N5O4S/c1-22-9-4-2-8(3-5-9)6-14-16-10(19)7-23-12-11(20)15-13(21)18-17-12/h2-6H,7H2,1H3,(H,16,19)(H2,15,18,20,21)/b14-6-. The Kier molecular flexibility index (Phi) is 5.69. The molecule has 3 N–H and O–H groups in total. The number of methoxy groups -OCH3 is 1. The first kappa shape index (κ1) is 16.5. The zero-order valence-corrected chi connectivity index (χ0v) is 12.8. The molecule has 0 fully saturated rings. The molecule has 0 saturated heterocycles. The van der Waals surface area contributed by atoms with Crippen molar-refractivity contribution >= 4 is 23.9 Å². The third-order valence-corrected chi connectivity index (χ3v) is 3.50. The fourth-order valence-electron chi connectivity index (χ4n) is 1.47. The monoisotopic (exact) mass is 335 g/mol. The molecule has 0 saturated carbocycles. The first-order valence-corrected chi connectivity index (χ1v) is 7.35. The minimum Gasteiger partial charge on any atom is -0.497 e. The maximum absolute atomic E-state index is 11.6. The second-order valence-electron chi connectivity index (χ2n) is 4.17. The number of aromatic nitrogens is 3. The van der Waals surface area contributed by atoms with E-state index in [1.165, 1.54) is 6.21 Å². The molecule has 1 amide bonds. The molecular formula is C13H13N5O4S. The summed E-state index contributed by atoms with van der Waals surface area (Å²) in [4.78, 5) is 35.8. The van der Waals surface area contributed by atoms with E-state index in [0.717, 1.165) is 23.1 Å². The quantitative estimate of drug-likeness (QED) is 0.378. The topological polar surface area (TPSA) is 129 Å². The number of thioether (sulfide) groups is 1. The van der Waals surface area contributed by atoms with E-state index in [4.69, 9.17) is 4.74 Å². The summed E-state index contributed by atoms with van der Waals surface area (Å²) >= 11 is 0.888. The molecule has 10 heteroatoms. The maximum Gasteiger partial charge on any atom is 0.342 e. The Hall–Kier alpha value is -2.88. The number of nitrogens with zero attached hydrogens (tertiary/aromatic N) is 2. The highest BCUT2D eigenvalue weighted by Gasteiger charge is 2.06. The van der Waals surface area contributed by atoms with E-state index in [1.807, 2.05) is 4.98 Å². The Morgan fingerprint density at radius 1 is 1.39 bits per heavy atom. The van der Waals surface area contributed by atoms with Crippen LogP contribution in [-0.2, 0) is 4.79 Å². The second-order valence-corrected chi connectivity index (χ2v) is 5.13. The van der Waals surface area contributed by atoms with Gasteiger partial charge in [-0.25, -0.2) is 15.3 Å². The molecule has 0 bridgehead atoms. The summed E-state index contributed by atoms with van der Waals surface area (Å²) in [7, 11) is 1.57. The van der Waals surface area contributed by atoms with E-state index in [0.29, 0.717) is 0 Å². The average Bonchev–Trinajstić information content (AvgIpc) is 2.54. The van der Waals surface area contributed by atoms with Crippen LogP contribution in [0.3, 0.4) is 0 Å². The fraction of sp³-hybridized carbons (Fsp3) is 0.154. The Balaban J connectivity index is 1.83. The molecule has 0 aliphatic carbocycles. The van der Waals surface area contributed by atoms with Gasteiger partial charge in [-0.3, -0.25) is 14.6 Å². The molecule has 120 valence electrons. The molecule has 0 atom stereocenters. The van der Waals surface area contributed by atoms with E-state index >= 15 is 0 Å². The van der Waals surface area contributed by atoms with E-state index in [1.54, 1.807) is 31.4 Å². The van der Waals surface area contributed by atoms with Crippen molar-refractivity contribution in [1.82, 2.24) is 20.6 Å². The van der Waals surface area contributed by atoms with E-state index in [9.17, 15) is 14.4 Å². The molecule has 2 rings (SSSR count). The lowest BCUT2D eigenvalue weighted by atomic mass is 10.2. The third-order valence-electron chi connectivity index (χ3n) is 2.54. The SMILES string of the molecule is COc1ccc(/C=N\NC(=O)CSc2n[nH]c(=O)[nH]c2=O)cc1. The Morgan fingerprint density at radius 2 is 2.13 bits per heavy atom. The van der Waals surface area contributed by atoms with Gasteiger partial charge in [0.2, 0.25) is 5.91 Å². The van der Waals surface area contributed by atoms with E-state index in [-0.39, 0.29) is 10.8 Å². The minimum atomic E-state index is -0.701. The lowest BCUT2D eigenvalue weighted by molar-refractivity contribution is -0.118. The van der Waals surface area contributed by atoms with Crippen LogP contribution in [0.15, 0.2) is 44.0 Å². The molecule has 23 heavy (non-hydrogen) atoms. The zero-order valence-electron chi connectivity index (χ0n) is 12.0. The summed E-state index contributed by atoms with van der Waals surface area (Å²) in [5.74, 6) is 0.246. The van der Waals surface area contributed by atoms with Crippen molar-refractivity contribution in [3.63, 3.8) is 0 Å². The predicted molar refractivity (Wildman–Crippen MR) is 84.9 cm³/mol. The predicted octanol–water partition coefficient (Wildman–Crippen LogP) is -0.291. The van der Waals surface area contributed by atoms with Gasteiger partial charge in [-0.2, -0.15) is 10.2 Å². The number of benzene rings is 1. The van der Waals surface area contributed by atoms with Crippen LogP contribution >= 0.6 is 11.8 Å². The van der Waals surface area contributed by atoms with Gasteiger partial charge in [0.05, 0.1) is 19.1 Å². The van der Waals surface area contributed by atoms with Gasteiger partial charge >= 0.3 is 5.69 Å². The van der Waals surface area contributed by atoms with Crippen LogP contribution in [0.2, 0.25) is 0 Å². The number of ether oxygens (including phenoxy) is 1. The highest BCUT2D eigenvalue weighted by molar-refractivity contribution is 7.99. The molecule has 0 radical (unpaired) electrons. The van der Waals surface area contributed by atoms with Crippen LogP contribution in [-0.4, -0.2) is 40.2 Å². The maximum atomic E-state index is 11.6. The van der Waals surface area contributed by atoms with Crippen LogP contribution in [0.4, 0.5) is 0 Å². The Labute approximate surface area is 134 Å². The van der Waals surface area contributed by atoms with Crippen LogP contribution in [0.25, 0.3) is 0 Å². The molecule has 0 aliphatic heterocycles. The lowest BCUT2D eigenvalue weighted by Gasteiger charge is -2.00. The number of aromatic amines is 2. The summed E-state index contributed by atoms with van der Waals surface area (Å²) in [6, 6.07) is 7.11. The highest BCUT2D eigenvalue weighted by Crippen LogP contribution is 2.09. The molecule has 1 aromatic heterocycles. The first-order valence-electron chi connectivity index (χ1n) is 6.36. The number of amides is 1. The van der Waals surface area contributed by atoms with Crippen molar-refractivity contribution in [3.05, 3.63) is 50.7 Å². The highest BCUT2D eigenvalue weighted by atomic mass is 32.2. The second kappa shape index (κ2) is 7.94. The molecule has 2 aromatic rings. The normalized spacial score (nSPS) is 10.7. The number of hydrogen-bond acceptors (Lipinski definition) is 7. The summed E-state index contributed by atoms with van der Waals surface area (Å²) in [6.45, 7) is 0. The summed E-state index contributed by atoms with van der Waals surface area (Å²) in [6.07, 6.45) is 1.48. The minimum absolute atomic E-state index is 0.00103. The van der Waals surface area contributed by atoms with Gasteiger partial charge in [-0.1, -0.05) is 11.8 Å². The van der Waals surface area contributed by atoms with E-state index in [2.05, 4.69) is 20.7 Å². The lowest BCUT2D eigenvalue weighted by Crippen LogP contribution is -2.26. The number of carbonyl (C=O) groups excluding carboxylic acids is 1. The van der Waals surface area contributed by atoms with Crippen LogP contribution in [0, 0.1) is 0 Å². The molecule has 0 spiro atoms. The van der Waals surface area contributed by atoms with Gasteiger partial charge in [0.1, 0.15) is 5.75 Å². The average molecular weight is 335 g/mol. The summed E-state index contributed by atoms with van der Waals surface area (Å²) in [5, 5.41) is 9.43. The van der Waals surface area contributed by atoms with Crippen molar-refractivity contribution < 1.29 is 9.53 Å². The molecule has 1 heterocycles. The number of rotatable bonds is 6. The number of nitrogens with one attached hydrogen (secondary N) is 3. The summed E-state index contributed by atoms with van der Waals surface area (Å²) < 4.78 is 5.03. The van der Waals surface area contributed by atoms with Crippen molar-refractivity contribution in [2.75, 3.05) is 12.9 Å². The van der Waals surface area contributed by atoms with Crippen molar-refractivity contribution in [2.45, 2.75) is 5.03 Å². The van der Waals surface area contributed by atoms with Gasteiger partial charge in [0.15, 0.2) is 5.03 Å². The number of hydrogen-bond donors (Lipinski definition) is 3. The van der Waals surface area contributed by atoms with Gasteiger partial charge in [-0.05, 0) is 29.8 Å². The van der Waals surface area contributed by atoms with E-state index < -0.39 is 17.2 Å². The van der Waals surface area contributed by atoms with Crippen LogP contribution in [0.5, 0.6) is 5.75 Å². The largest absolute Gasteiger partial charge is 0.497 e. The fourth-order valence-corrected chi connectivity index (χ4v) is 2.09. The number of hydrazone groups is 1. The van der Waals surface area contributed by atoms with Gasteiger partial charge in [0, 0.05) is 0 Å². The van der Waals surface area contributed by atoms with Crippen LogP contribution in [0.1, 0.15) is 5.56 Å². The van der Waals surface area contributed by atoms with Crippen molar-refractivity contribution in [2.24, 2.45) is 5.10 Å². The van der Waals surface area contributed by atoms with Gasteiger partial charge in [0.25, 0.3) is 5.56 Å². The number of H-pyrrole nitrogens is 2. The first-order chi connectivity index (χ1) is 11.1. The zero-order chi connectivity index (χ0) is 16.7. The smallest absolute Gasteiger partial charge is 0.342 e. The molecule has 9 nitrogen and oxygen atoms in total. The molecule has 0 unspecified atom stereocenters. The van der Waals surface area contributed by atoms with Crippen molar-refractivity contribution in [3.8, 4) is 5.75 Å². The Bertz CT molecular complexity index is 812. The van der Waals surface area contributed by atoms with Crippen molar-refractivity contribution in [1.29, 1.82) is 0 Å². The molecule has 1 aromatic carbocycles. The number of carbonyl (C=O) groups is 1. The van der Waals surface area contributed by atoms with Gasteiger partial charge in [-0.15, -0.1) is 0 Å². The molecular weight excluding hydrogens is 322 g/mol. The van der Waals surface area contributed by atoms with Gasteiger partial charge < -0.3 is 4.74 Å². The summed E-state index contributed by atoms with van der Waals surface area (Å²) in [5.41, 5.74) is 1.77. The molecule has 0 aliphatic rings. The third kappa shape index (κ3) is 5.11. The Morgan fingerprint density at radius 3 is 2.78 bits per heavy atom. The van der Waals surface area contributed by atoms with Crippen LogP contribution < -0.4 is 21.4 Å².